The molecule has 0 fully saturated rings. The van der Waals surface area contributed by atoms with Crippen molar-refractivity contribution in [2.75, 3.05) is 13.2 Å². The summed E-state index contributed by atoms with van der Waals surface area (Å²) >= 11 is 0. The standard InChI is InChI=1S/C19H26N2O2/c20-19(22)21-14-7-3-1-2-4-8-15-23-18-13-9-11-16-10-5-6-12-17(16)18/h5-6,9-13H,1-4,7-8,14-15H2,(H3,20,21,22). The van der Waals surface area contributed by atoms with Crippen molar-refractivity contribution in [1.82, 2.24) is 5.32 Å². The summed E-state index contributed by atoms with van der Waals surface area (Å²) in [6.07, 6.45) is 6.76. The van der Waals surface area contributed by atoms with Crippen molar-refractivity contribution in [1.29, 1.82) is 0 Å². The Morgan fingerprint density at radius 3 is 2.43 bits per heavy atom. The normalized spacial score (nSPS) is 10.6. The fraction of sp³-hybridized carbons (Fsp3) is 0.421. The van der Waals surface area contributed by atoms with E-state index in [9.17, 15) is 4.79 Å². The van der Waals surface area contributed by atoms with E-state index in [1.807, 2.05) is 24.3 Å². The summed E-state index contributed by atoms with van der Waals surface area (Å²) in [5.74, 6) is 0.973. The fourth-order valence-corrected chi connectivity index (χ4v) is 2.65. The van der Waals surface area contributed by atoms with Gasteiger partial charge in [-0.05, 0) is 24.3 Å². The first-order valence-corrected chi connectivity index (χ1v) is 8.41. The number of carbonyl (C=O) groups is 1. The Morgan fingerprint density at radius 1 is 0.913 bits per heavy atom. The number of hydrogen-bond acceptors (Lipinski definition) is 2. The van der Waals surface area contributed by atoms with Gasteiger partial charge < -0.3 is 15.8 Å². The molecule has 4 nitrogen and oxygen atoms in total. The Bertz CT molecular complexity index is 608. The van der Waals surface area contributed by atoms with Gasteiger partial charge >= 0.3 is 6.03 Å². The molecule has 23 heavy (non-hydrogen) atoms. The van der Waals surface area contributed by atoms with E-state index in [1.54, 1.807) is 0 Å². The van der Waals surface area contributed by atoms with Gasteiger partial charge in [-0.25, -0.2) is 4.79 Å². The highest BCUT2D eigenvalue weighted by molar-refractivity contribution is 5.88. The van der Waals surface area contributed by atoms with E-state index < -0.39 is 6.03 Å². The third-order valence-electron chi connectivity index (χ3n) is 3.88. The summed E-state index contributed by atoms with van der Waals surface area (Å²) < 4.78 is 5.93. The molecule has 2 rings (SSSR count). The van der Waals surface area contributed by atoms with Gasteiger partial charge in [0, 0.05) is 11.9 Å². The van der Waals surface area contributed by atoms with Crippen molar-refractivity contribution in [2.24, 2.45) is 5.73 Å². The first-order valence-electron chi connectivity index (χ1n) is 8.41. The lowest BCUT2D eigenvalue weighted by molar-refractivity contribution is 0.248. The molecule has 2 amide bonds. The molecule has 0 aromatic heterocycles. The molecule has 0 aliphatic rings. The van der Waals surface area contributed by atoms with Crippen molar-refractivity contribution < 1.29 is 9.53 Å². The molecule has 4 heteroatoms. The van der Waals surface area contributed by atoms with Crippen molar-refractivity contribution in [3.63, 3.8) is 0 Å². The third kappa shape index (κ3) is 6.19. The predicted octanol–water partition coefficient (Wildman–Crippen LogP) is 4.23. The number of amides is 2. The predicted molar refractivity (Wildman–Crippen MR) is 94.7 cm³/mol. The minimum atomic E-state index is -0.435. The molecule has 0 bridgehead atoms. The second-order valence-electron chi connectivity index (χ2n) is 5.74. The van der Waals surface area contributed by atoms with Crippen LogP contribution in [0.1, 0.15) is 38.5 Å². The zero-order valence-electron chi connectivity index (χ0n) is 13.6. The zero-order chi connectivity index (χ0) is 16.3. The third-order valence-corrected chi connectivity index (χ3v) is 3.88. The zero-order valence-corrected chi connectivity index (χ0v) is 13.6. The van der Waals surface area contributed by atoms with E-state index in [-0.39, 0.29) is 0 Å². The summed E-state index contributed by atoms with van der Waals surface area (Å²) in [5.41, 5.74) is 5.01. The molecule has 124 valence electrons. The van der Waals surface area contributed by atoms with Crippen LogP contribution in [0.3, 0.4) is 0 Å². The maximum Gasteiger partial charge on any atom is 0.312 e. The van der Waals surface area contributed by atoms with Gasteiger partial charge in [-0.3, -0.25) is 0 Å². The molecule has 0 radical (unpaired) electrons. The van der Waals surface area contributed by atoms with Gasteiger partial charge in [0.2, 0.25) is 0 Å². The number of unbranched alkanes of at least 4 members (excludes halogenated alkanes) is 5. The molecule has 3 N–H and O–H groups in total. The van der Waals surface area contributed by atoms with Crippen LogP contribution in [-0.2, 0) is 0 Å². The topological polar surface area (TPSA) is 64.4 Å². The van der Waals surface area contributed by atoms with Crippen LogP contribution in [0, 0.1) is 0 Å². The summed E-state index contributed by atoms with van der Waals surface area (Å²) in [6, 6.07) is 14.0. The molecule has 0 atom stereocenters. The molecule has 0 aliphatic carbocycles. The van der Waals surface area contributed by atoms with E-state index in [0.717, 1.165) is 31.6 Å². The SMILES string of the molecule is NC(=O)NCCCCCCCCOc1cccc2ccccc12. The number of nitrogens with one attached hydrogen (secondary N) is 1. The van der Waals surface area contributed by atoms with E-state index in [2.05, 4.69) is 23.5 Å². The number of primary amides is 1. The number of rotatable bonds is 10. The van der Waals surface area contributed by atoms with Gasteiger partial charge in [-0.15, -0.1) is 0 Å². The number of carbonyl (C=O) groups excluding carboxylic acids is 1. The molecule has 0 aliphatic heterocycles. The van der Waals surface area contributed by atoms with Crippen molar-refractivity contribution in [2.45, 2.75) is 38.5 Å². The molecular weight excluding hydrogens is 288 g/mol. The molecule has 2 aromatic carbocycles. The molecule has 2 aromatic rings. The van der Waals surface area contributed by atoms with Crippen molar-refractivity contribution in [3.05, 3.63) is 42.5 Å². The van der Waals surface area contributed by atoms with Crippen LogP contribution < -0.4 is 15.8 Å². The van der Waals surface area contributed by atoms with Gasteiger partial charge in [0.25, 0.3) is 0 Å². The minimum Gasteiger partial charge on any atom is -0.493 e. The number of hydrogen-bond donors (Lipinski definition) is 2. The monoisotopic (exact) mass is 314 g/mol. The summed E-state index contributed by atoms with van der Waals surface area (Å²) in [7, 11) is 0. The van der Waals surface area contributed by atoms with Gasteiger partial charge in [0.15, 0.2) is 0 Å². The van der Waals surface area contributed by atoms with Gasteiger partial charge in [0.05, 0.1) is 6.61 Å². The lowest BCUT2D eigenvalue weighted by Gasteiger charge is -2.09. The maximum absolute atomic E-state index is 10.5. The highest BCUT2D eigenvalue weighted by atomic mass is 16.5. The van der Waals surface area contributed by atoms with Crippen LogP contribution in [0.2, 0.25) is 0 Å². The Kier molecular flexibility index (Phi) is 7.24. The van der Waals surface area contributed by atoms with Crippen molar-refractivity contribution in [3.8, 4) is 5.75 Å². The summed E-state index contributed by atoms with van der Waals surface area (Å²) in [6.45, 7) is 1.44. The van der Waals surface area contributed by atoms with Crippen LogP contribution in [-0.4, -0.2) is 19.2 Å². The highest BCUT2D eigenvalue weighted by Crippen LogP contribution is 2.25. The molecule has 0 unspecified atom stereocenters. The highest BCUT2D eigenvalue weighted by Gasteiger charge is 2.00. The van der Waals surface area contributed by atoms with Gasteiger partial charge in [-0.2, -0.15) is 0 Å². The minimum absolute atomic E-state index is 0.435. The summed E-state index contributed by atoms with van der Waals surface area (Å²) in [4.78, 5) is 10.5. The first-order chi connectivity index (χ1) is 11.3. The van der Waals surface area contributed by atoms with Crippen LogP contribution in [0.4, 0.5) is 4.79 Å². The number of benzene rings is 2. The number of fused-ring (bicyclic) bond motifs is 1. The van der Waals surface area contributed by atoms with Gasteiger partial charge in [-0.1, -0.05) is 62.1 Å². The van der Waals surface area contributed by atoms with Gasteiger partial charge in [0.1, 0.15) is 5.75 Å². The summed E-state index contributed by atoms with van der Waals surface area (Å²) in [5, 5.41) is 5.00. The van der Waals surface area contributed by atoms with Crippen LogP contribution in [0.15, 0.2) is 42.5 Å². The largest absolute Gasteiger partial charge is 0.493 e. The first kappa shape index (κ1) is 17.1. The maximum atomic E-state index is 10.5. The molecule has 0 saturated carbocycles. The molecular formula is C19H26N2O2. The Balaban J connectivity index is 1.56. The Morgan fingerprint density at radius 2 is 1.61 bits per heavy atom. The Hall–Kier alpha value is -2.23. The van der Waals surface area contributed by atoms with Crippen LogP contribution >= 0.6 is 0 Å². The van der Waals surface area contributed by atoms with Crippen LogP contribution in [0.25, 0.3) is 10.8 Å². The lowest BCUT2D eigenvalue weighted by Crippen LogP contribution is -2.29. The van der Waals surface area contributed by atoms with Crippen LogP contribution in [0.5, 0.6) is 5.75 Å². The second-order valence-corrected chi connectivity index (χ2v) is 5.74. The quantitative estimate of drug-likeness (QED) is 0.645. The number of ether oxygens (including phenoxy) is 1. The van der Waals surface area contributed by atoms with Crippen molar-refractivity contribution >= 4 is 16.8 Å². The molecule has 0 spiro atoms. The van der Waals surface area contributed by atoms with E-state index in [0.29, 0.717) is 6.54 Å². The fourth-order valence-electron chi connectivity index (χ4n) is 2.65. The van der Waals surface area contributed by atoms with E-state index in [4.69, 9.17) is 10.5 Å². The van der Waals surface area contributed by atoms with E-state index in [1.165, 1.54) is 30.0 Å². The second kappa shape index (κ2) is 9.72. The average molecular weight is 314 g/mol. The molecule has 0 saturated heterocycles. The lowest BCUT2D eigenvalue weighted by atomic mass is 10.1. The smallest absolute Gasteiger partial charge is 0.312 e. The molecule has 0 heterocycles. The number of urea groups is 1. The number of nitrogens with two attached hydrogens (primary N) is 1. The van der Waals surface area contributed by atoms with E-state index >= 15 is 0 Å². The average Bonchev–Trinajstić information content (AvgIpc) is 2.56. The Labute approximate surface area is 138 Å².